The van der Waals surface area contributed by atoms with Crippen molar-refractivity contribution in [2.75, 3.05) is 20.1 Å². The molecule has 0 aliphatic rings. The van der Waals surface area contributed by atoms with Crippen LogP contribution in [0.25, 0.3) is 0 Å². The molecule has 0 spiro atoms. The van der Waals surface area contributed by atoms with Gasteiger partial charge in [0, 0.05) is 12.1 Å². The molecule has 0 amide bonds. The van der Waals surface area contributed by atoms with E-state index in [0.717, 1.165) is 18.7 Å². The van der Waals surface area contributed by atoms with Crippen LogP contribution in [0.2, 0.25) is 0 Å². The van der Waals surface area contributed by atoms with Crippen molar-refractivity contribution in [1.29, 1.82) is 0 Å². The highest BCUT2D eigenvalue weighted by atomic mass is 19.1. The van der Waals surface area contributed by atoms with Crippen molar-refractivity contribution >= 4 is 0 Å². The van der Waals surface area contributed by atoms with Gasteiger partial charge in [-0.15, -0.1) is 0 Å². The molecule has 1 rings (SSSR count). The zero-order valence-electron chi connectivity index (χ0n) is 11.0. The first-order valence-corrected chi connectivity index (χ1v) is 6.24. The summed E-state index contributed by atoms with van der Waals surface area (Å²) >= 11 is 0. The number of nitrogens with one attached hydrogen (secondary N) is 2. The molecule has 3 heteroatoms. The molecule has 0 heterocycles. The zero-order valence-corrected chi connectivity index (χ0v) is 11.0. The second-order valence-electron chi connectivity index (χ2n) is 4.78. The second kappa shape index (κ2) is 7.41. The van der Waals surface area contributed by atoms with Gasteiger partial charge in [-0.1, -0.05) is 32.0 Å². The first-order valence-electron chi connectivity index (χ1n) is 6.24. The number of benzene rings is 1. The summed E-state index contributed by atoms with van der Waals surface area (Å²) in [5.74, 6) is 1.07. The van der Waals surface area contributed by atoms with Gasteiger partial charge in [-0.05, 0) is 38.0 Å². The highest BCUT2D eigenvalue weighted by molar-refractivity contribution is 5.16. The summed E-state index contributed by atoms with van der Waals surface area (Å²) in [7, 11) is 1.96. The molecular weight excluding hydrogens is 215 g/mol. The van der Waals surface area contributed by atoms with E-state index in [2.05, 4.69) is 24.5 Å². The Morgan fingerprint density at radius 2 is 1.88 bits per heavy atom. The summed E-state index contributed by atoms with van der Waals surface area (Å²) < 4.78 is 13.4. The van der Waals surface area contributed by atoms with Crippen molar-refractivity contribution in [3.8, 4) is 0 Å². The first-order chi connectivity index (χ1) is 8.15. The van der Waals surface area contributed by atoms with Gasteiger partial charge in [-0.3, -0.25) is 0 Å². The summed E-state index contributed by atoms with van der Waals surface area (Å²) in [4.78, 5) is 0. The second-order valence-corrected chi connectivity index (χ2v) is 4.78. The Morgan fingerprint density at radius 3 is 2.47 bits per heavy atom. The maximum absolute atomic E-state index is 13.4. The Kier molecular flexibility index (Phi) is 6.16. The Balaban J connectivity index is 2.38. The van der Waals surface area contributed by atoms with Gasteiger partial charge < -0.3 is 10.6 Å². The highest BCUT2D eigenvalue weighted by Crippen LogP contribution is 2.10. The van der Waals surface area contributed by atoms with E-state index in [4.69, 9.17) is 0 Å². The van der Waals surface area contributed by atoms with E-state index in [1.807, 2.05) is 19.2 Å². The molecule has 1 aromatic carbocycles. The molecule has 0 aliphatic heterocycles. The van der Waals surface area contributed by atoms with Crippen molar-refractivity contribution in [3.63, 3.8) is 0 Å². The summed E-state index contributed by atoms with van der Waals surface area (Å²) in [5, 5.41) is 6.52. The van der Waals surface area contributed by atoms with E-state index in [1.54, 1.807) is 6.07 Å². The van der Waals surface area contributed by atoms with Gasteiger partial charge in [0.05, 0.1) is 0 Å². The number of rotatable bonds is 7. The van der Waals surface area contributed by atoms with Crippen LogP contribution in [-0.2, 0) is 6.54 Å². The van der Waals surface area contributed by atoms with E-state index in [-0.39, 0.29) is 5.82 Å². The summed E-state index contributed by atoms with van der Waals surface area (Å²) in [6.07, 6.45) is 0. The largest absolute Gasteiger partial charge is 0.319 e. The van der Waals surface area contributed by atoms with Gasteiger partial charge in [0.2, 0.25) is 0 Å². The van der Waals surface area contributed by atoms with Gasteiger partial charge in [0.15, 0.2) is 0 Å². The van der Waals surface area contributed by atoms with E-state index in [1.165, 1.54) is 6.07 Å². The number of hydrogen-bond donors (Lipinski definition) is 2. The van der Waals surface area contributed by atoms with Crippen LogP contribution in [0.5, 0.6) is 0 Å². The molecule has 0 fully saturated rings. The van der Waals surface area contributed by atoms with E-state index < -0.39 is 0 Å². The smallest absolute Gasteiger partial charge is 0.127 e. The molecule has 0 aromatic heterocycles. The van der Waals surface area contributed by atoms with Gasteiger partial charge in [0.25, 0.3) is 0 Å². The molecule has 1 unspecified atom stereocenters. The van der Waals surface area contributed by atoms with Crippen LogP contribution < -0.4 is 10.6 Å². The Hall–Kier alpha value is -0.930. The van der Waals surface area contributed by atoms with Crippen LogP contribution in [0.1, 0.15) is 19.4 Å². The average Bonchev–Trinajstić information content (AvgIpc) is 2.30. The third kappa shape index (κ3) is 4.84. The molecule has 96 valence electrons. The average molecular weight is 238 g/mol. The molecule has 2 nitrogen and oxygen atoms in total. The number of halogens is 1. The fourth-order valence-electron chi connectivity index (χ4n) is 1.84. The zero-order chi connectivity index (χ0) is 12.7. The van der Waals surface area contributed by atoms with Crippen molar-refractivity contribution in [1.82, 2.24) is 10.6 Å². The lowest BCUT2D eigenvalue weighted by molar-refractivity contribution is 0.351. The van der Waals surface area contributed by atoms with Crippen LogP contribution in [0.4, 0.5) is 4.39 Å². The fraction of sp³-hybridized carbons (Fsp3) is 0.571. The monoisotopic (exact) mass is 238 g/mol. The minimum absolute atomic E-state index is 0.130. The van der Waals surface area contributed by atoms with Crippen LogP contribution >= 0.6 is 0 Å². The lowest BCUT2D eigenvalue weighted by Gasteiger charge is -2.21. The predicted molar refractivity (Wildman–Crippen MR) is 70.4 cm³/mol. The molecule has 0 bridgehead atoms. The van der Waals surface area contributed by atoms with Gasteiger partial charge in [0.1, 0.15) is 5.82 Å². The predicted octanol–water partition coefficient (Wildman–Crippen LogP) is 2.41. The SMILES string of the molecule is CNCC(CNCc1ccccc1F)C(C)C. The van der Waals surface area contributed by atoms with E-state index in [9.17, 15) is 4.39 Å². The summed E-state index contributed by atoms with van der Waals surface area (Å²) in [6.45, 7) is 6.92. The van der Waals surface area contributed by atoms with E-state index in [0.29, 0.717) is 18.4 Å². The van der Waals surface area contributed by atoms with E-state index >= 15 is 0 Å². The number of hydrogen-bond acceptors (Lipinski definition) is 2. The molecular formula is C14H23FN2. The maximum Gasteiger partial charge on any atom is 0.127 e. The molecule has 1 atom stereocenters. The minimum atomic E-state index is -0.130. The van der Waals surface area contributed by atoms with Crippen molar-refractivity contribution < 1.29 is 4.39 Å². The topological polar surface area (TPSA) is 24.1 Å². The molecule has 1 aromatic rings. The molecule has 17 heavy (non-hydrogen) atoms. The molecule has 0 saturated carbocycles. The fourth-order valence-corrected chi connectivity index (χ4v) is 1.84. The van der Waals surface area contributed by atoms with Gasteiger partial charge in [-0.25, -0.2) is 4.39 Å². The Morgan fingerprint density at radius 1 is 1.18 bits per heavy atom. The standard InChI is InChI=1S/C14H23FN2/c1-11(2)13(8-16-3)10-17-9-12-6-4-5-7-14(12)15/h4-7,11,13,16-17H,8-10H2,1-3H3. The normalized spacial score (nSPS) is 13.0. The van der Waals surface area contributed by atoms with Crippen LogP contribution in [0, 0.1) is 17.7 Å². The third-order valence-corrected chi connectivity index (χ3v) is 3.09. The van der Waals surface area contributed by atoms with Crippen molar-refractivity contribution in [2.24, 2.45) is 11.8 Å². The quantitative estimate of drug-likeness (QED) is 0.762. The molecule has 0 aliphatic carbocycles. The van der Waals surface area contributed by atoms with Crippen molar-refractivity contribution in [3.05, 3.63) is 35.6 Å². The minimum Gasteiger partial charge on any atom is -0.319 e. The molecule has 2 N–H and O–H groups in total. The van der Waals surface area contributed by atoms with Crippen LogP contribution in [-0.4, -0.2) is 20.1 Å². The lowest BCUT2D eigenvalue weighted by atomic mass is 9.96. The summed E-state index contributed by atoms with van der Waals surface area (Å²) in [6, 6.07) is 6.92. The summed E-state index contributed by atoms with van der Waals surface area (Å²) in [5.41, 5.74) is 0.736. The van der Waals surface area contributed by atoms with Crippen LogP contribution in [0.3, 0.4) is 0 Å². The Bertz CT molecular complexity index is 326. The van der Waals surface area contributed by atoms with Gasteiger partial charge >= 0.3 is 0 Å². The van der Waals surface area contributed by atoms with Crippen LogP contribution in [0.15, 0.2) is 24.3 Å². The van der Waals surface area contributed by atoms with Crippen molar-refractivity contribution in [2.45, 2.75) is 20.4 Å². The third-order valence-electron chi connectivity index (χ3n) is 3.09. The lowest BCUT2D eigenvalue weighted by Crippen LogP contribution is -2.33. The Labute approximate surface area is 104 Å². The molecule has 0 radical (unpaired) electrons. The first kappa shape index (κ1) is 14.1. The van der Waals surface area contributed by atoms with Gasteiger partial charge in [-0.2, -0.15) is 0 Å². The molecule has 0 saturated heterocycles. The maximum atomic E-state index is 13.4. The highest BCUT2D eigenvalue weighted by Gasteiger charge is 2.11.